The molecule has 1 aliphatic rings. The number of aromatic nitrogens is 2. The summed E-state index contributed by atoms with van der Waals surface area (Å²) in [6.07, 6.45) is 2.20. The van der Waals surface area contributed by atoms with E-state index in [9.17, 15) is 4.79 Å². The van der Waals surface area contributed by atoms with Gasteiger partial charge in [-0.15, -0.1) is 0 Å². The van der Waals surface area contributed by atoms with Crippen molar-refractivity contribution in [3.05, 3.63) is 30.5 Å². The van der Waals surface area contributed by atoms with E-state index in [2.05, 4.69) is 5.10 Å². The number of hydrogen-bond acceptors (Lipinski definition) is 4. The lowest BCUT2D eigenvalue weighted by Crippen LogP contribution is -2.55. The molecule has 6 heteroatoms. The van der Waals surface area contributed by atoms with Gasteiger partial charge >= 0.3 is 0 Å². The number of ether oxygens (including phenoxy) is 2. The number of para-hydroxylation sites is 1. The van der Waals surface area contributed by atoms with Gasteiger partial charge in [0.15, 0.2) is 0 Å². The second kappa shape index (κ2) is 6.91. The Morgan fingerprint density at radius 3 is 3.00 bits per heavy atom. The average molecular weight is 331 g/mol. The Morgan fingerprint density at radius 2 is 2.21 bits per heavy atom. The van der Waals surface area contributed by atoms with Crippen LogP contribution in [0.4, 0.5) is 0 Å². The van der Waals surface area contributed by atoms with E-state index in [1.54, 1.807) is 7.11 Å². The summed E-state index contributed by atoms with van der Waals surface area (Å²) in [7, 11) is 1.65. The van der Waals surface area contributed by atoms with E-state index >= 15 is 0 Å². The molecule has 0 bridgehead atoms. The Hall–Kier alpha value is -1.92. The summed E-state index contributed by atoms with van der Waals surface area (Å²) in [6, 6.07) is 8.03. The molecule has 6 nitrogen and oxygen atoms in total. The lowest BCUT2D eigenvalue weighted by atomic mass is 10.0. The van der Waals surface area contributed by atoms with Crippen LogP contribution >= 0.6 is 0 Å². The van der Waals surface area contributed by atoms with E-state index < -0.39 is 0 Å². The van der Waals surface area contributed by atoms with Gasteiger partial charge in [-0.2, -0.15) is 5.10 Å². The third kappa shape index (κ3) is 3.76. The largest absolute Gasteiger partial charge is 0.382 e. The van der Waals surface area contributed by atoms with Crippen LogP contribution in [0.2, 0.25) is 0 Å². The predicted octanol–water partition coefficient (Wildman–Crippen LogP) is 2.08. The maximum Gasteiger partial charge on any atom is 0.224 e. The van der Waals surface area contributed by atoms with Gasteiger partial charge in [-0.05, 0) is 19.9 Å². The van der Waals surface area contributed by atoms with Crippen LogP contribution in [0.5, 0.6) is 0 Å². The lowest BCUT2D eigenvalue weighted by Gasteiger charge is -2.42. The number of fused-ring (bicyclic) bond motifs is 1. The molecule has 1 aromatic carbocycles. The van der Waals surface area contributed by atoms with Crippen molar-refractivity contribution in [1.82, 2.24) is 14.7 Å². The van der Waals surface area contributed by atoms with Gasteiger partial charge < -0.3 is 14.4 Å². The summed E-state index contributed by atoms with van der Waals surface area (Å²) in [4.78, 5) is 14.5. The first kappa shape index (κ1) is 16.9. The molecule has 1 aromatic heterocycles. The molecule has 0 unspecified atom stereocenters. The molecule has 1 saturated heterocycles. The maximum atomic E-state index is 12.7. The Kier molecular flexibility index (Phi) is 4.87. The molecule has 24 heavy (non-hydrogen) atoms. The number of carbonyl (C=O) groups is 1. The number of rotatable bonds is 5. The number of nitrogens with zero attached hydrogens (tertiary/aromatic N) is 3. The van der Waals surface area contributed by atoms with Gasteiger partial charge in [-0.3, -0.25) is 9.48 Å². The lowest BCUT2D eigenvalue weighted by molar-refractivity contribution is -0.168. The van der Waals surface area contributed by atoms with Gasteiger partial charge in [0.25, 0.3) is 0 Å². The van der Waals surface area contributed by atoms with Crippen LogP contribution in [0.3, 0.4) is 0 Å². The molecule has 2 heterocycles. The van der Waals surface area contributed by atoms with Crippen LogP contribution in [0.15, 0.2) is 30.5 Å². The van der Waals surface area contributed by atoms with Gasteiger partial charge in [0.2, 0.25) is 5.91 Å². The Morgan fingerprint density at radius 1 is 1.42 bits per heavy atom. The Labute approximate surface area is 142 Å². The minimum Gasteiger partial charge on any atom is -0.382 e. The molecule has 3 rings (SSSR count). The van der Waals surface area contributed by atoms with E-state index in [0.717, 1.165) is 10.9 Å². The van der Waals surface area contributed by atoms with E-state index in [0.29, 0.717) is 32.7 Å². The molecule has 0 radical (unpaired) electrons. The molecule has 0 spiro atoms. The molecule has 2 aromatic rings. The Balaban J connectivity index is 1.63. The zero-order valence-corrected chi connectivity index (χ0v) is 14.6. The van der Waals surface area contributed by atoms with E-state index in [1.165, 1.54) is 0 Å². The average Bonchev–Trinajstić information content (AvgIpc) is 2.94. The van der Waals surface area contributed by atoms with Crippen LogP contribution in [-0.4, -0.2) is 59.1 Å². The van der Waals surface area contributed by atoms with E-state index in [1.807, 2.05) is 53.9 Å². The molecule has 130 valence electrons. The number of morpholine rings is 1. The van der Waals surface area contributed by atoms with Crippen molar-refractivity contribution < 1.29 is 14.3 Å². The van der Waals surface area contributed by atoms with Crippen molar-refractivity contribution in [2.24, 2.45) is 0 Å². The highest BCUT2D eigenvalue weighted by Crippen LogP contribution is 2.22. The number of aryl methyl sites for hydroxylation is 1. The number of carbonyl (C=O) groups excluding carboxylic acids is 1. The van der Waals surface area contributed by atoms with Crippen LogP contribution in [-0.2, 0) is 20.8 Å². The van der Waals surface area contributed by atoms with Crippen molar-refractivity contribution in [3.8, 4) is 0 Å². The highest BCUT2D eigenvalue weighted by atomic mass is 16.5. The fourth-order valence-electron chi connectivity index (χ4n) is 3.32. The van der Waals surface area contributed by atoms with Crippen LogP contribution in [0.25, 0.3) is 10.9 Å². The predicted molar refractivity (Wildman–Crippen MR) is 91.8 cm³/mol. The summed E-state index contributed by atoms with van der Waals surface area (Å²) in [5.41, 5.74) is 0.708. The summed E-state index contributed by atoms with van der Waals surface area (Å²) in [5, 5.41) is 5.48. The van der Waals surface area contributed by atoms with Gasteiger partial charge in [0.05, 0.1) is 36.6 Å². The number of methoxy groups -OCH3 is 1. The van der Waals surface area contributed by atoms with E-state index in [-0.39, 0.29) is 17.6 Å². The summed E-state index contributed by atoms with van der Waals surface area (Å²) >= 11 is 0. The summed E-state index contributed by atoms with van der Waals surface area (Å²) in [5.74, 6) is 0.132. The van der Waals surface area contributed by atoms with Crippen molar-refractivity contribution in [2.45, 2.75) is 38.5 Å². The van der Waals surface area contributed by atoms with E-state index in [4.69, 9.17) is 9.47 Å². The van der Waals surface area contributed by atoms with Gasteiger partial charge in [0, 0.05) is 32.0 Å². The molecule has 0 N–H and O–H groups in total. The third-order valence-electron chi connectivity index (χ3n) is 4.28. The van der Waals surface area contributed by atoms with Gasteiger partial charge in [-0.25, -0.2) is 0 Å². The molecular formula is C18H25N3O3. The van der Waals surface area contributed by atoms with Gasteiger partial charge in [0.1, 0.15) is 0 Å². The molecule has 1 fully saturated rings. The fraction of sp³-hybridized carbons (Fsp3) is 0.556. The van der Waals surface area contributed by atoms with Crippen LogP contribution < -0.4 is 0 Å². The van der Waals surface area contributed by atoms with Crippen molar-refractivity contribution in [1.29, 1.82) is 0 Å². The third-order valence-corrected chi connectivity index (χ3v) is 4.28. The second-order valence-electron chi connectivity index (χ2n) is 6.91. The van der Waals surface area contributed by atoms with Crippen molar-refractivity contribution >= 4 is 16.8 Å². The Bertz CT molecular complexity index is 710. The SMILES string of the molecule is COC[C@H]1CN(C(=O)CCn2ncc3ccccc32)CC(C)(C)O1. The fourth-order valence-corrected chi connectivity index (χ4v) is 3.32. The second-order valence-corrected chi connectivity index (χ2v) is 6.91. The first-order valence-electron chi connectivity index (χ1n) is 8.33. The minimum atomic E-state index is -0.352. The molecule has 0 saturated carbocycles. The standard InChI is InChI=1S/C18H25N3O3/c1-18(2)13-20(11-15(24-18)12-23-3)17(22)8-9-21-16-7-5-4-6-14(16)10-19-21/h4-7,10,15H,8-9,11-13H2,1-3H3/t15-/m1/s1. The topological polar surface area (TPSA) is 56.6 Å². The minimum absolute atomic E-state index is 0.0757. The number of benzene rings is 1. The summed E-state index contributed by atoms with van der Waals surface area (Å²) < 4.78 is 13.1. The zero-order valence-electron chi connectivity index (χ0n) is 14.6. The van der Waals surface area contributed by atoms with Gasteiger partial charge in [-0.1, -0.05) is 18.2 Å². The first-order valence-corrected chi connectivity index (χ1v) is 8.33. The van der Waals surface area contributed by atoms with Crippen LogP contribution in [0.1, 0.15) is 20.3 Å². The molecule has 1 aliphatic heterocycles. The highest BCUT2D eigenvalue weighted by Gasteiger charge is 2.35. The molecule has 1 amide bonds. The maximum absolute atomic E-state index is 12.7. The molecular weight excluding hydrogens is 306 g/mol. The molecule has 0 aliphatic carbocycles. The van der Waals surface area contributed by atoms with Crippen molar-refractivity contribution in [2.75, 3.05) is 26.8 Å². The normalized spacial score (nSPS) is 20.5. The smallest absolute Gasteiger partial charge is 0.224 e. The highest BCUT2D eigenvalue weighted by molar-refractivity contribution is 5.79. The summed E-state index contributed by atoms with van der Waals surface area (Å²) in [6.45, 7) is 6.28. The quantitative estimate of drug-likeness (QED) is 0.842. The first-order chi connectivity index (χ1) is 11.5. The monoisotopic (exact) mass is 331 g/mol. The molecule has 1 atom stereocenters. The van der Waals surface area contributed by atoms with Crippen molar-refractivity contribution in [3.63, 3.8) is 0 Å². The zero-order chi connectivity index (χ0) is 17.2. The number of amides is 1. The number of hydrogen-bond donors (Lipinski definition) is 0. The van der Waals surface area contributed by atoms with Crippen LogP contribution in [0, 0.1) is 0 Å².